The lowest BCUT2D eigenvalue weighted by Crippen LogP contribution is -2.61. The summed E-state index contributed by atoms with van der Waals surface area (Å²) >= 11 is 0. The molecule has 0 radical (unpaired) electrons. The molecule has 2 nitrogen and oxygen atoms in total. The van der Waals surface area contributed by atoms with E-state index in [1.807, 2.05) is 0 Å². The van der Waals surface area contributed by atoms with E-state index in [9.17, 15) is 0 Å². The third kappa shape index (κ3) is 7.11. The Labute approximate surface area is 407 Å². The molecule has 0 aromatic heterocycles. The average Bonchev–Trinajstić information content (AvgIpc) is 3.36. The molecule has 0 unspecified atom stereocenters. The van der Waals surface area contributed by atoms with Crippen LogP contribution in [0.3, 0.4) is 0 Å². The van der Waals surface area contributed by atoms with E-state index in [1.54, 1.807) is 0 Å². The van der Waals surface area contributed by atoms with Crippen LogP contribution in [0.25, 0.3) is 55.6 Å². The first-order chi connectivity index (χ1) is 33.7. The fourth-order valence-electron chi connectivity index (χ4n) is 12.0. The largest absolute Gasteiger partial charge is 0.311 e. The van der Waals surface area contributed by atoms with E-state index < -0.39 is 0 Å². The van der Waals surface area contributed by atoms with Gasteiger partial charge in [0.15, 0.2) is 0 Å². The molecule has 12 rings (SSSR count). The van der Waals surface area contributed by atoms with Gasteiger partial charge in [-0.25, -0.2) is 0 Å². The van der Waals surface area contributed by atoms with E-state index in [4.69, 9.17) is 0 Å². The molecular formula is C66H53BN2. The summed E-state index contributed by atoms with van der Waals surface area (Å²) in [7, 11) is 0. The van der Waals surface area contributed by atoms with Gasteiger partial charge in [-0.05, 0) is 184 Å². The number of rotatable bonds is 7. The van der Waals surface area contributed by atoms with Crippen molar-refractivity contribution in [2.24, 2.45) is 0 Å². The predicted octanol–water partition coefficient (Wildman–Crippen LogP) is 16.0. The standard InChI is InChI=1S/C66H53BN2/c1-42-34-44(3)63(45(4)35-42)50-30-32-59-57(38-50)67-58-39-51(64-46(5)36-43(2)37-47(64)6)31-33-60(58)69(54-26-17-10-18-27-54)62-41-52(40-61(66(62)67)68(59)53-24-15-9-16-25-53)65-55(48-20-11-7-12-21-48)28-19-29-56(65)49-22-13-8-14-23-49/h7-41H,1-6H3. The summed E-state index contributed by atoms with van der Waals surface area (Å²) in [5.41, 5.74) is 31.0. The predicted molar refractivity (Wildman–Crippen MR) is 296 cm³/mol. The molecule has 0 N–H and O–H groups in total. The van der Waals surface area contributed by atoms with Gasteiger partial charge < -0.3 is 9.80 Å². The van der Waals surface area contributed by atoms with E-state index in [2.05, 4.69) is 264 Å². The van der Waals surface area contributed by atoms with Gasteiger partial charge in [-0.15, -0.1) is 0 Å². The fourth-order valence-corrected chi connectivity index (χ4v) is 12.0. The van der Waals surface area contributed by atoms with Crippen molar-refractivity contribution in [3.63, 3.8) is 0 Å². The summed E-state index contributed by atoms with van der Waals surface area (Å²) in [4.78, 5) is 5.10. The van der Waals surface area contributed by atoms with Crippen molar-refractivity contribution in [3.05, 3.63) is 246 Å². The van der Waals surface area contributed by atoms with Crippen molar-refractivity contribution in [1.82, 2.24) is 0 Å². The SMILES string of the molecule is Cc1cc(C)c(-c2ccc3c(c2)B2c4cc(-c5c(C)cc(C)cc5C)ccc4N(c4ccccc4)c4cc(-c5c(-c6ccccc6)cccc5-c5ccccc5)cc(c42)N3c2ccccc2)c(C)c1. The highest BCUT2D eigenvalue weighted by Crippen LogP contribution is 2.49. The van der Waals surface area contributed by atoms with Crippen LogP contribution in [0.1, 0.15) is 33.4 Å². The molecule has 0 saturated heterocycles. The van der Waals surface area contributed by atoms with Crippen LogP contribution in [0.5, 0.6) is 0 Å². The van der Waals surface area contributed by atoms with Gasteiger partial charge in [-0.1, -0.05) is 175 Å². The Bertz CT molecular complexity index is 3340. The van der Waals surface area contributed by atoms with Gasteiger partial charge >= 0.3 is 0 Å². The minimum Gasteiger partial charge on any atom is -0.311 e. The zero-order valence-electron chi connectivity index (χ0n) is 40.2. The fraction of sp³-hybridized carbons (Fsp3) is 0.0909. The second-order valence-corrected chi connectivity index (χ2v) is 19.3. The number of hydrogen-bond donors (Lipinski definition) is 0. The van der Waals surface area contributed by atoms with Crippen LogP contribution < -0.4 is 26.2 Å². The second kappa shape index (κ2) is 16.9. The van der Waals surface area contributed by atoms with Crippen molar-refractivity contribution in [2.45, 2.75) is 41.5 Å². The van der Waals surface area contributed by atoms with Crippen LogP contribution in [0.4, 0.5) is 34.1 Å². The zero-order valence-corrected chi connectivity index (χ0v) is 40.2. The minimum atomic E-state index is -0.0797. The third-order valence-electron chi connectivity index (χ3n) is 14.5. The van der Waals surface area contributed by atoms with Crippen molar-refractivity contribution < 1.29 is 0 Å². The minimum absolute atomic E-state index is 0.0797. The van der Waals surface area contributed by atoms with Gasteiger partial charge in [0.2, 0.25) is 0 Å². The number of benzene rings is 10. The summed E-state index contributed by atoms with van der Waals surface area (Å²) < 4.78 is 0. The number of hydrogen-bond acceptors (Lipinski definition) is 2. The molecule has 69 heavy (non-hydrogen) atoms. The maximum Gasteiger partial charge on any atom is 0.252 e. The van der Waals surface area contributed by atoms with Crippen LogP contribution in [0, 0.1) is 41.5 Å². The van der Waals surface area contributed by atoms with E-state index in [-0.39, 0.29) is 6.71 Å². The van der Waals surface area contributed by atoms with E-state index in [1.165, 1.54) is 128 Å². The smallest absolute Gasteiger partial charge is 0.252 e. The Morgan fingerprint density at radius 2 is 0.667 bits per heavy atom. The van der Waals surface area contributed by atoms with Gasteiger partial charge in [0.1, 0.15) is 0 Å². The summed E-state index contributed by atoms with van der Waals surface area (Å²) in [5, 5.41) is 0. The molecule has 0 amide bonds. The molecule has 10 aromatic rings. The van der Waals surface area contributed by atoms with Crippen LogP contribution in [-0.4, -0.2) is 6.71 Å². The third-order valence-corrected chi connectivity index (χ3v) is 14.5. The number of fused-ring (bicyclic) bond motifs is 4. The van der Waals surface area contributed by atoms with Crippen LogP contribution in [0.15, 0.2) is 212 Å². The Hall–Kier alpha value is -8.14. The highest BCUT2D eigenvalue weighted by molar-refractivity contribution is 7.00. The normalized spacial score (nSPS) is 12.4. The Balaban J connectivity index is 1.23. The molecule has 0 spiro atoms. The van der Waals surface area contributed by atoms with Crippen molar-refractivity contribution in [1.29, 1.82) is 0 Å². The first-order valence-corrected chi connectivity index (χ1v) is 24.3. The molecule has 0 aliphatic carbocycles. The highest BCUT2D eigenvalue weighted by Gasteiger charge is 2.44. The van der Waals surface area contributed by atoms with E-state index in [0.29, 0.717) is 0 Å². The van der Waals surface area contributed by atoms with Gasteiger partial charge in [0, 0.05) is 34.1 Å². The van der Waals surface area contributed by atoms with E-state index >= 15 is 0 Å². The summed E-state index contributed by atoms with van der Waals surface area (Å²) in [6.07, 6.45) is 0. The van der Waals surface area contributed by atoms with Crippen LogP contribution >= 0.6 is 0 Å². The quantitative estimate of drug-likeness (QED) is 0.147. The molecule has 0 bridgehead atoms. The number of aryl methyl sites for hydroxylation is 6. The lowest BCUT2D eigenvalue weighted by Gasteiger charge is -2.45. The Morgan fingerprint density at radius 3 is 1.06 bits per heavy atom. The molecule has 0 fully saturated rings. The van der Waals surface area contributed by atoms with E-state index in [0.717, 1.165) is 11.4 Å². The molecule has 2 heterocycles. The first-order valence-electron chi connectivity index (χ1n) is 24.3. The lowest BCUT2D eigenvalue weighted by atomic mass is 9.33. The maximum atomic E-state index is 2.55. The monoisotopic (exact) mass is 884 g/mol. The topological polar surface area (TPSA) is 6.48 Å². The summed E-state index contributed by atoms with van der Waals surface area (Å²) in [6.45, 7) is 13.4. The van der Waals surface area contributed by atoms with Gasteiger partial charge in [-0.2, -0.15) is 0 Å². The molecule has 0 saturated carbocycles. The molecule has 2 aliphatic rings. The summed E-state index contributed by atoms with van der Waals surface area (Å²) in [5.74, 6) is 0. The molecule has 0 atom stereocenters. The van der Waals surface area contributed by atoms with Gasteiger partial charge in [-0.3, -0.25) is 0 Å². The Kier molecular flexibility index (Phi) is 10.3. The zero-order chi connectivity index (χ0) is 46.9. The average molecular weight is 885 g/mol. The number of anilines is 6. The molecule has 10 aromatic carbocycles. The number of para-hydroxylation sites is 2. The van der Waals surface area contributed by atoms with Crippen LogP contribution in [0.2, 0.25) is 0 Å². The van der Waals surface area contributed by atoms with Crippen molar-refractivity contribution in [3.8, 4) is 55.6 Å². The molecule has 2 aliphatic heterocycles. The maximum absolute atomic E-state index is 2.55. The van der Waals surface area contributed by atoms with Crippen molar-refractivity contribution in [2.75, 3.05) is 9.80 Å². The van der Waals surface area contributed by atoms with Gasteiger partial charge in [0.25, 0.3) is 6.71 Å². The Morgan fingerprint density at radius 1 is 0.290 bits per heavy atom. The molecule has 330 valence electrons. The molecular weight excluding hydrogens is 832 g/mol. The van der Waals surface area contributed by atoms with Crippen LogP contribution in [-0.2, 0) is 0 Å². The van der Waals surface area contributed by atoms with Crippen molar-refractivity contribution >= 4 is 57.2 Å². The first kappa shape index (κ1) is 42.2. The second-order valence-electron chi connectivity index (χ2n) is 19.3. The molecule has 3 heteroatoms. The lowest BCUT2D eigenvalue weighted by molar-refractivity contribution is 1.25. The highest BCUT2D eigenvalue weighted by atomic mass is 15.2. The number of nitrogens with zero attached hydrogens (tertiary/aromatic N) is 2. The summed E-state index contributed by atoms with van der Waals surface area (Å²) in [6, 6.07) is 79.6. The van der Waals surface area contributed by atoms with Gasteiger partial charge in [0.05, 0.1) is 0 Å².